The monoisotopic (exact) mass is 403 g/mol. The Morgan fingerprint density at radius 1 is 1.52 bits per heavy atom. The standard InChI is InChI=1S/C13H18IN5O2/c1-13(5-20)4-7(3-8(13)21)19-6-16-9-10(15-2)17-12(14)18-11(9)19/h6-8,20-21H,3-5H2,1-2H3,(H,15,17,18)/t7-,8-,13+/m0/s1. The highest BCUT2D eigenvalue weighted by molar-refractivity contribution is 14.1. The van der Waals surface area contributed by atoms with E-state index in [0.717, 1.165) is 11.2 Å². The quantitative estimate of drug-likeness (QED) is 0.526. The maximum absolute atomic E-state index is 10.2. The van der Waals surface area contributed by atoms with E-state index < -0.39 is 11.5 Å². The normalized spacial score (nSPS) is 29.2. The van der Waals surface area contributed by atoms with E-state index in [4.69, 9.17) is 0 Å². The van der Waals surface area contributed by atoms with Crippen LogP contribution in [-0.4, -0.2) is 49.5 Å². The van der Waals surface area contributed by atoms with Crippen molar-refractivity contribution < 1.29 is 10.2 Å². The lowest BCUT2D eigenvalue weighted by molar-refractivity contribution is 0.0201. The largest absolute Gasteiger partial charge is 0.396 e. The van der Waals surface area contributed by atoms with Crippen molar-refractivity contribution in [3.8, 4) is 0 Å². The lowest BCUT2D eigenvalue weighted by Gasteiger charge is -2.24. The molecule has 3 N–H and O–H groups in total. The van der Waals surface area contributed by atoms with Gasteiger partial charge in [0.1, 0.15) is 0 Å². The Balaban J connectivity index is 2.05. The molecule has 0 aromatic carbocycles. The van der Waals surface area contributed by atoms with Crippen LogP contribution in [0, 0.1) is 9.25 Å². The van der Waals surface area contributed by atoms with Crippen molar-refractivity contribution in [1.29, 1.82) is 0 Å². The third kappa shape index (κ3) is 2.38. The smallest absolute Gasteiger partial charge is 0.194 e. The molecule has 2 heterocycles. The molecule has 0 aliphatic heterocycles. The van der Waals surface area contributed by atoms with Gasteiger partial charge in [-0.05, 0) is 12.8 Å². The van der Waals surface area contributed by atoms with Gasteiger partial charge in [-0.2, -0.15) is 0 Å². The van der Waals surface area contributed by atoms with Gasteiger partial charge in [-0.1, -0.05) is 6.92 Å². The molecule has 1 fully saturated rings. The topological polar surface area (TPSA) is 96.1 Å². The second-order valence-electron chi connectivity index (χ2n) is 5.84. The Kier molecular flexibility index (Phi) is 3.78. The highest BCUT2D eigenvalue weighted by Crippen LogP contribution is 2.44. The zero-order valence-electron chi connectivity index (χ0n) is 11.9. The van der Waals surface area contributed by atoms with Crippen LogP contribution < -0.4 is 5.32 Å². The van der Waals surface area contributed by atoms with Crippen LogP contribution in [0.4, 0.5) is 5.82 Å². The molecule has 1 aliphatic rings. The third-order valence-corrected chi connectivity index (χ3v) is 4.87. The number of halogens is 1. The molecule has 114 valence electrons. The number of rotatable bonds is 3. The molecule has 0 radical (unpaired) electrons. The van der Waals surface area contributed by atoms with Crippen LogP contribution in [0.25, 0.3) is 11.2 Å². The van der Waals surface area contributed by atoms with Crippen LogP contribution >= 0.6 is 22.6 Å². The molecule has 3 atom stereocenters. The van der Waals surface area contributed by atoms with Crippen LogP contribution in [0.5, 0.6) is 0 Å². The molecular weight excluding hydrogens is 385 g/mol. The minimum Gasteiger partial charge on any atom is -0.396 e. The van der Waals surface area contributed by atoms with Gasteiger partial charge in [0.2, 0.25) is 0 Å². The average Bonchev–Trinajstić information content (AvgIpc) is 3.00. The summed E-state index contributed by atoms with van der Waals surface area (Å²) in [6.45, 7) is 1.89. The maximum Gasteiger partial charge on any atom is 0.194 e. The van der Waals surface area contributed by atoms with Crippen molar-refractivity contribution >= 4 is 39.6 Å². The first-order valence-electron chi connectivity index (χ1n) is 6.85. The van der Waals surface area contributed by atoms with E-state index in [1.165, 1.54) is 0 Å². The molecule has 0 spiro atoms. The number of fused-ring (bicyclic) bond motifs is 1. The lowest BCUT2D eigenvalue weighted by Crippen LogP contribution is -2.30. The zero-order valence-corrected chi connectivity index (χ0v) is 14.1. The van der Waals surface area contributed by atoms with E-state index in [2.05, 4.69) is 42.9 Å². The summed E-state index contributed by atoms with van der Waals surface area (Å²) in [5.74, 6) is 0.701. The molecule has 8 heteroatoms. The number of hydrogen-bond acceptors (Lipinski definition) is 6. The fraction of sp³-hybridized carbons (Fsp3) is 0.615. The Morgan fingerprint density at radius 2 is 2.29 bits per heavy atom. The lowest BCUT2D eigenvalue weighted by atomic mass is 9.87. The predicted octanol–water partition coefficient (Wildman–Crippen LogP) is 1.17. The van der Waals surface area contributed by atoms with Crippen molar-refractivity contribution in [2.24, 2.45) is 5.41 Å². The van der Waals surface area contributed by atoms with E-state index in [-0.39, 0.29) is 12.6 Å². The first kappa shape index (κ1) is 14.9. The molecule has 1 saturated carbocycles. The first-order chi connectivity index (χ1) is 9.98. The van der Waals surface area contributed by atoms with Crippen molar-refractivity contribution in [1.82, 2.24) is 19.5 Å². The van der Waals surface area contributed by atoms with Gasteiger partial charge in [0.05, 0.1) is 19.0 Å². The maximum atomic E-state index is 10.2. The number of nitrogens with one attached hydrogen (secondary N) is 1. The molecule has 2 aromatic heterocycles. The van der Waals surface area contributed by atoms with Crippen LogP contribution in [0.1, 0.15) is 25.8 Å². The molecule has 21 heavy (non-hydrogen) atoms. The summed E-state index contributed by atoms with van der Waals surface area (Å²) in [7, 11) is 1.80. The fourth-order valence-electron chi connectivity index (χ4n) is 3.01. The number of aliphatic hydroxyl groups excluding tert-OH is 2. The van der Waals surface area contributed by atoms with Gasteiger partial charge in [0.25, 0.3) is 0 Å². The summed E-state index contributed by atoms with van der Waals surface area (Å²) in [5.41, 5.74) is 1.02. The summed E-state index contributed by atoms with van der Waals surface area (Å²) in [6.07, 6.45) is 2.52. The molecule has 0 unspecified atom stereocenters. The van der Waals surface area contributed by atoms with Crippen LogP contribution in [-0.2, 0) is 0 Å². The Bertz CT molecular complexity index is 676. The van der Waals surface area contributed by atoms with Crippen LogP contribution in [0.2, 0.25) is 0 Å². The number of aliphatic hydroxyl groups is 2. The number of imidazole rings is 1. The highest BCUT2D eigenvalue weighted by atomic mass is 127. The van der Waals surface area contributed by atoms with Crippen molar-refractivity contribution in [3.05, 3.63) is 10.2 Å². The van der Waals surface area contributed by atoms with Crippen molar-refractivity contribution in [3.63, 3.8) is 0 Å². The second-order valence-corrected chi connectivity index (χ2v) is 6.80. The van der Waals surface area contributed by atoms with Gasteiger partial charge < -0.3 is 20.1 Å². The average molecular weight is 403 g/mol. The number of nitrogens with zero attached hydrogens (tertiary/aromatic N) is 4. The Labute approximate surface area is 136 Å². The molecular formula is C13H18IN5O2. The van der Waals surface area contributed by atoms with Crippen molar-refractivity contribution in [2.75, 3.05) is 19.0 Å². The van der Waals surface area contributed by atoms with Gasteiger partial charge in [-0.3, -0.25) is 0 Å². The predicted molar refractivity (Wildman–Crippen MR) is 87.1 cm³/mol. The SMILES string of the molecule is CNc1nc(I)nc2c1ncn2[C@H]1C[C@H](O)[C@@](C)(CO)C1. The zero-order chi connectivity index (χ0) is 15.2. The molecule has 1 aliphatic carbocycles. The van der Waals surface area contributed by atoms with Crippen molar-refractivity contribution in [2.45, 2.75) is 31.9 Å². The summed E-state index contributed by atoms with van der Waals surface area (Å²) >= 11 is 2.08. The van der Waals surface area contributed by atoms with E-state index >= 15 is 0 Å². The van der Waals surface area contributed by atoms with Gasteiger partial charge in [0.15, 0.2) is 20.8 Å². The summed E-state index contributed by atoms with van der Waals surface area (Å²) < 4.78 is 2.64. The van der Waals surface area contributed by atoms with E-state index in [9.17, 15) is 10.2 Å². The number of hydrogen-bond donors (Lipinski definition) is 3. The van der Waals surface area contributed by atoms with Gasteiger partial charge in [0, 0.05) is 41.1 Å². The molecule has 0 bridgehead atoms. The van der Waals surface area contributed by atoms with Gasteiger partial charge in [-0.15, -0.1) is 0 Å². The first-order valence-corrected chi connectivity index (χ1v) is 7.93. The van der Waals surface area contributed by atoms with E-state index in [1.54, 1.807) is 13.4 Å². The van der Waals surface area contributed by atoms with E-state index in [1.807, 2.05) is 11.5 Å². The van der Waals surface area contributed by atoms with Crippen LogP contribution in [0.3, 0.4) is 0 Å². The molecule has 3 rings (SSSR count). The Hall–Kier alpha value is -1.00. The van der Waals surface area contributed by atoms with E-state index in [0.29, 0.717) is 22.5 Å². The Morgan fingerprint density at radius 3 is 2.90 bits per heavy atom. The summed E-state index contributed by atoms with van der Waals surface area (Å²) in [5, 5.41) is 22.8. The molecule has 2 aromatic rings. The second kappa shape index (κ2) is 5.33. The minimum absolute atomic E-state index is 0.0222. The minimum atomic E-state index is -0.519. The molecule has 0 amide bonds. The van der Waals surface area contributed by atoms with Crippen LogP contribution in [0.15, 0.2) is 6.33 Å². The number of anilines is 1. The van der Waals surface area contributed by atoms with Gasteiger partial charge >= 0.3 is 0 Å². The fourth-order valence-corrected chi connectivity index (χ4v) is 3.48. The third-order valence-electron chi connectivity index (χ3n) is 4.39. The summed E-state index contributed by atoms with van der Waals surface area (Å²) in [6, 6.07) is 0.0811. The molecule has 0 saturated heterocycles. The van der Waals surface area contributed by atoms with Gasteiger partial charge in [-0.25, -0.2) is 15.0 Å². The summed E-state index contributed by atoms with van der Waals surface area (Å²) in [4.78, 5) is 13.2. The number of aromatic nitrogens is 4. The molecule has 7 nitrogen and oxygen atoms in total. The highest BCUT2D eigenvalue weighted by Gasteiger charge is 2.43.